The summed E-state index contributed by atoms with van der Waals surface area (Å²) in [5, 5.41) is 21.2. The average Bonchev–Trinajstić information content (AvgIpc) is 2.48. The lowest BCUT2D eigenvalue weighted by molar-refractivity contribution is -0.142. The molecule has 1 heterocycles. The third kappa shape index (κ3) is 4.09. The molecule has 116 valence electrons. The van der Waals surface area contributed by atoms with Gasteiger partial charge in [-0.25, -0.2) is 4.39 Å². The van der Waals surface area contributed by atoms with Gasteiger partial charge in [0.05, 0.1) is 17.5 Å². The van der Waals surface area contributed by atoms with E-state index >= 15 is 0 Å². The molecule has 3 N–H and O–H groups in total. The van der Waals surface area contributed by atoms with Crippen molar-refractivity contribution >= 4 is 5.97 Å². The summed E-state index contributed by atoms with van der Waals surface area (Å²) in [6.45, 7) is 1.62. The number of rotatable bonds is 6. The number of aliphatic hydroxyl groups excluding tert-OH is 1. The highest BCUT2D eigenvalue weighted by molar-refractivity contribution is 5.74. The number of aliphatic carboxylic acids is 1. The lowest BCUT2D eigenvalue weighted by atomic mass is 10.1. The van der Waals surface area contributed by atoms with E-state index in [0.717, 1.165) is 5.56 Å². The highest BCUT2D eigenvalue weighted by atomic mass is 19.1. The van der Waals surface area contributed by atoms with E-state index in [1.807, 2.05) is 0 Å². The summed E-state index contributed by atoms with van der Waals surface area (Å²) >= 11 is 0. The molecule has 0 spiro atoms. The maximum absolute atomic E-state index is 12.9. The fourth-order valence-corrected chi connectivity index (χ4v) is 2.04. The smallest absolute Gasteiger partial charge is 0.323 e. The number of benzene rings is 1. The van der Waals surface area contributed by atoms with Crippen LogP contribution in [-0.2, 0) is 11.3 Å². The number of nitrogens with one attached hydrogen (secondary N) is 1. The molecule has 0 saturated heterocycles. The molecule has 0 amide bonds. The van der Waals surface area contributed by atoms with Gasteiger partial charge in [0.2, 0.25) is 0 Å². The molecule has 2 atom stereocenters. The zero-order chi connectivity index (χ0) is 16.1. The van der Waals surface area contributed by atoms with Crippen molar-refractivity contribution in [2.24, 2.45) is 0 Å². The predicted octanol–water partition coefficient (Wildman–Crippen LogP) is 1.81. The number of carbonyl (C=O) groups is 1. The van der Waals surface area contributed by atoms with E-state index in [-0.39, 0.29) is 12.4 Å². The molecule has 1 aromatic carbocycles. The number of hydrogen-bond donors (Lipinski definition) is 3. The van der Waals surface area contributed by atoms with Gasteiger partial charge in [0, 0.05) is 12.1 Å². The number of hydrogen-bond acceptors (Lipinski definition) is 4. The molecular formula is C16H17FN2O3. The molecule has 0 fully saturated rings. The lowest BCUT2D eigenvalue weighted by Crippen LogP contribution is -2.44. The van der Waals surface area contributed by atoms with Crippen LogP contribution in [0.1, 0.15) is 12.6 Å². The standard InChI is InChI=1S/C16H17FN2O3/c1-10(20)15(16(21)22)18-9-13-3-2-4-14(19-13)11-5-7-12(17)8-6-11/h2-8,10,15,18,20H,9H2,1H3,(H,21,22)/t10-,15-/m1/s1. The minimum absolute atomic E-state index is 0.205. The highest BCUT2D eigenvalue weighted by Crippen LogP contribution is 2.17. The molecule has 0 saturated carbocycles. The number of aromatic nitrogens is 1. The Labute approximate surface area is 127 Å². The second-order valence-corrected chi connectivity index (χ2v) is 4.96. The SMILES string of the molecule is C[C@@H](O)[C@@H](NCc1cccc(-c2ccc(F)cc2)n1)C(=O)O. The molecule has 6 heteroatoms. The fraction of sp³-hybridized carbons (Fsp3) is 0.250. The first-order valence-corrected chi connectivity index (χ1v) is 6.83. The van der Waals surface area contributed by atoms with Gasteiger partial charge in [-0.2, -0.15) is 0 Å². The van der Waals surface area contributed by atoms with Gasteiger partial charge in [-0.15, -0.1) is 0 Å². The van der Waals surface area contributed by atoms with E-state index in [2.05, 4.69) is 10.3 Å². The Morgan fingerprint density at radius 2 is 1.95 bits per heavy atom. The highest BCUT2D eigenvalue weighted by Gasteiger charge is 2.22. The van der Waals surface area contributed by atoms with E-state index < -0.39 is 18.1 Å². The van der Waals surface area contributed by atoms with Gasteiger partial charge in [-0.05, 0) is 43.3 Å². The molecule has 0 radical (unpaired) electrons. The van der Waals surface area contributed by atoms with Gasteiger partial charge >= 0.3 is 5.97 Å². The monoisotopic (exact) mass is 304 g/mol. The Hall–Kier alpha value is -2.31. The number of halogens is 1. The lowest BCUT2D eigenvalue weighted by Gasteiger charge is -2.16. The van der Waals surface area contributed by atoms with Crippen LogP contribution >= 0.6 is 0 Å². The van der Waals surface area contributed by atoms with E-state index in [1.54, 1.807) is 30.3 Å². The van der Waals surface area contributed by atoms with Crippen LogP contribution in [0.5, 0.6) is 0 Å². The molecule has 0 aliphatic rings. The van der Waals surface area contributed by atoms with Crippen molar-refractivity contribution in [2.75, 3.05) is 0 Å². The third-order valence-corrected chi connectivity index (χ3v) is 3.20. The summed E-state index contributed by atoms with van der Waals surface area (Å²) in [4.78, 5) is 15.4. The molecule has 2 aromatic rings. The Morgan fingerprint density at radius 1 is 1.27 bits per heavy atom. The Balaban J connectivity index is 2.11. The first-order chi connectivity index (χ1) is 10.5. The first kappa shape index (κ1) is 16.1. The molecule has 2 rings (SSSR count). The summed E-state index contributed by atoms with van der Waals surface area (Å²) in [6, 6.07) is 10.2. The largest absolute Gasteiger partial charge is 0.480 e. The Bertz CT molecular complexity index is 644. The number of pyridine rings is 1. The minimum atomic E-state index is -1.12. The molecule has 0 unspecified atom stereocenters. The Kier molecular flexibility index (Phi) is 5.19. The number of carboxylic acid groups (broad SMARTS) is 1. The molecular weight excluding hydrogens is 287 g/mol. The van der Waals surface area contributed by atoms with Crippen LogP contribution in [0.4, 0.5) is 4.39 Å². The summed E-state index contributed by atoms with van der Waals surface area (Å²) in [5.74, 6) is -1.44. The van der Waals surface area contributed by atoms with Crippen molar-refractivity contribution in [1.29, 1.82) is 0 Å². The van der Waals surface area contributed by atoms with Gasteiger partial charge < -0.3 is 10.2 Å². The van der Waals surface area contributed by atoms with Crippen LogP contribution in [-0.4, -0.2) is 33.3 Å². The van der Waals surface area contributed by atoms with Gasteiger partial charge in [-0.1, -0.05) is 6.07 Å². The Morgan fingerprint density at radius 3 is 2.55 bits per heavy atom. The van der Waals surface area contributed by atoms with Crippen LogP contribution in [0.25, 0.3) is 11.3 Å². The molecule has 0 aliphatic heterocycles. The average molecular weight is 304 g/mol. The summed E-state index contributed by atoms with van der Waals surface area (Å²) < 4.78 is 12.9. The number of nitrogens with zero attached hydrogens (tertiary/aromatic N) is 1. The fourth-order valence-electron chi connectivity index (χ4n) is 2.04. The quantitative estimate of drug-likeness (QED) is 0.758. The van der Waals surface area contributed by atoms with Gasteiger partial charge in [0.1, 0.15) is 11.9 Å². The van der Waals surface area contributed by atoms with E-state index in [4.69, 9.17) is 5.11 Å². The van der Waals surface area contributed by atoms with Crippen molar-refractivity contribution < 1.29 is 19.4 Å². The third-order valence-electron chi connectivity index (χ3n) is 3.20. The van der Waals surface area contributed by atoms with Crippen LogP contribution in [0.3, 0.4) is 0 Å². The van der Waals surface area contributed by atoms with Gasteiger partial charge in [0.25, 0.3) is 0 Å². The molecule has 1 aromatic heterocycles. The predicted molar refractivity (Wildman–Crippen MR) is 79.6 cm³/mol. The van der Waals surface area contributed by atoms with Crippen LogP contribution in [0.15, 0.2) is 42.5 Å². The van der Waals surface area contributed by atoms with E-state index in [9.17, 15) is 14.3 Å². The minimum Gasteiger partial charge on any atom is -0.480 e. The normalized spacial score (nSPS) is 13.6. The molecule has 0 aliphatic carbocycles. The van der Waals surface area contributed by atoms with E-state index in [1.165, 1.54) is 19.1 Å². The van der Waals surface area contributed by atoms with Gasteiger partial charge in [-0.3, -0.25) is 15.1 Å². The van der Waals surface area contributed by atoms with Crippen molar-refractivity contribution in [2.45, 2.75) is 25.6 Å². The van der Waals surface area contributed by atoms with Crippen LogP contribution in [0.2, 0.25) is 0 Å². The maximum atomic E-state index is 12.9. The second-order valence-electron chi connectivity index (χ2n) is 4.96. The summed E-state index contributed by atoms with van der Waals surface area (Å²) in [6.07, 6.45) is -1.02. The van der Waals surface area contributed by atoms with Crippen molar-refractivity contribution in [1.82, 2.24) is 10.3 Å². The molecule has 22 heavy (non-hydrogen) atoms. The summed E-state index contributed by atoms with van der Waals surface area (Å²) in [5.41, 5.74) is 2.07. The van der Waals surface area contributed by atoms with E-state index in [0.29, 0.717) is 11.4 Å². The molecule has 5 nitrogen and oxygen atoms in total. The van der Waals surface area contributed by atoms with Crippen molar-refractivity contribution in [3.05, 3.63) is 54.0 Å². The second kappa shape index (κ2) is 7.11. The zero-order valence-electron chi connectivity index (χ0n) is 12.0. The number of aliphatic hydroxyl groups is 1. The van der Waals surface area contributed by atoms with Crippen LogP contribution in [0, 0.1) is 5.82 Å². The van der Waals surface area contributed by atoms with Crippen LogP contribution < -0.4 is 5.32 Å². The van der Waals surface area contributed by atoms with Crippen molar-refractivity contribution in [3.8, 4) is 11.3 Å². The zero-order valence-corrected chi connectivity index (χ0v) is 12.0. The number of carboxylic acids is 1. The van der Waals surface area contributed by atoms with Crippen molar-refractivity contribution in [3.63, 3.8) is 0 Å². The topological polar surface area (TPSA) is 82.5 Å². The first-order valence-electron chi connectivity index (χ1n) is 6.83. The van der Waals surface area contributed by atoms with Gasteiger partial charge in [0.15, 0.2) is 0 Å². The summed E-state index contributed by atoms with van der Waals surface area (Å²) in [7, 11) is 0. The molecule has 0 bridgehead atoms. The maximum Gasteiger partial charge on any atom is 0.323 e.